The number of nitrogens with zero attached hydrogens (tertiary/aromatic N) is 7. The Morgan fingerprint density at radius 2 is 1.88 bits per heavy atom. The average Bonchev–Trinajstić information content (AvgIpc) is 3.54. The highest BCUT2D eigenvalue weighted by Gasteiger charge is 2.18. The van der Waals surface area contributed by atoms with Gasteiger partial charge in [-0.2, -0.15) is 5.10 Å². The first-order valence-corrected chi connectivity index (χ1v) is 12.5. The molecule has 0 aliphatic heterocycles. The fraction of sp³-hybridized carbons (Fsp3) is 0.462. The largest absolute Gasteiger partial charge is 0.264 e. The second kappa shape index (κ2) is 10.7. The Kier molecular flexibility index (Phi) is 7.02. The molecule has 1 aliphatic rings. The summed E-state index contributed by atoms with van der Waals surface area (Å²) >= 11 is 0. The molecule has 1 saturated carbocycles. The van der Waals surface area contributed by atoms with Gasteiger partial charge < -0.3 is 0 Å². The highest BCUT2D eigenvalue weighted by atomic mass is 15.5. The molecule has 1 fully saturated rings. The molecule has 0 unspecified atom stereocenters. The molecule has 0 bridgehead atoms. The minimum absolute atomic E-state index is 0.634. The van der Waals surface area contributed by atoms with Crippen LogP contribution >= 0.6 is 0 Å². The van der Waals surface area contributed by atoms with E-state index in [0.717, 1.165) is 66.5 Å². The standard InChI is InChI=1S/C26H32N8/c1-2-3-9-25-28-24(16-19-7-5-4-6-8-19)31-34(25)18-20-10-12-21(13-11-20)23-17-27-15-14-22(23)26-29-32-33-30-26/h10-15,17,19H,2-9,16,18H2,1H3,(H,29,30,32,33). The molecule has 0 radical (unpaired) electrons. The Bertz CT molecular complexity index is 1170. The van der Waals surface area contributed by atoms with E-state index in [9.17, 15) is 0 Å². The number of H-pyrrole nitrogens is 1. The lowest BCUT2D eigenvalue weighted by atomic mass is 9.87. The topological polar surface area (TPSA) is 98.1 Å². The van der Waals surface area contributed by atoms with Crippen LogP contribution in [0, 0.1) is 5.92 Å². The Hall–Kier alpha value is -3.42. The van der Waals surface area contributed by atoms with E-state index in [-0.39, 0.29) is 0 Å². The summed E-state index contributed by atoms with van der Waals surface area (Å²) < 4.78 is 2.12. The van der Waals surface area contributed by atoms with E-state index in [0.29, 0.717) is 5.82 Å². The lowest BCUT2D eigenvalue weighted by molar-refractivity contribution is 0.351. The summed E-state index contributed by atoms with van der Waals surface area (Å²) in [5.41, 5.74) is 4.21. The molecule has 1 aliphatic carbocycles. The van der Waals surface area contributed by atoms with E-state index in [1.54, 1.807) is 6.20 Å². The van der Waals surface area contributed by atoms with E-state index in [1.165, 1.54) is 37.7 Å². The van der Waals surface area contributed by atoms with Gasteiger partial charge in [-0.3, -0.25) is 4.98 Å². The summed E-state index contributed by atoms with van der Waals surface area (Å²) in [5.74, 6) is 3.52. The van der Waals surface area contributed by atoms with Gasteiger partial charge in [-0.15, -0.1) is 5.10 Å². The van der Waals surface area contributed by atoms with Crippen molar-refractivity contribution in [2.45, 2.75) is 71.3 Å². The lowest BCUT2D eigenvalue weighted by Gasteiger charge is -2.19. The summed E-state index contributed by atoms with van der Waals surface area (Å²) in [4.78, 5) is 9.27. The Morgan fingerprint density at radius 1 is 1.03 bits per heavy atom. The van der Waals surface area contributed by atoms with E-state index in [4.69, 9.17) is 10.1 Å². The molecule has 0 amide bonds. The van der Waals surface area contributed by atoms with Crippen LogP contribution in [-0.2, 0) is 19.4 Å². The number of rotatable bonds is 9. The summed E-state index contributed by atoms with van der Waals surface area (Å²) in [6.07, 6.45) is 14.6. The van der Waals surface area contributed by atoms with Crippen LogP contribution in [0.5, 0.6) is 0 Å². The van der Waals surface area contributed by atoms with Crippen molar-refractivity contribution < 1.29 is 0 Å². The van der Waals surface area contributed by atoms with Gasteiger partial charge >= 0.3 is 0 Å². The minimum atomic E-state index is 0.634. The van der Waals surface area contributed by atoms with Gasteiger partial charge in [0.2, 0.25) is 0 Å². The molecule has 1 aromatic carbocycles. The van der Waals surface area contributed by atoms with Crippen molar-refractivity contribution in [1.82, 2.24) is 40.4 Å². The van der Waals surface area contributed by atoms with Crippen LogP contribution in [0.4, 0.5) is 0 Å². The third kappa shape index (κ3) is 5.21. The van der Waals surface area contributed by atoms with Crippen molar-refractivity contribution in [3.05, 3.63) is 59.9 Å². The van der Waals surface area contributed by atoms with Gasteiger partial charge in [0.15, 0.2) is 11.6 Å². The van der Waals surface area contributed by atoms with Crippen molar-refractivity contribution in [2.75, 3.05) is 0 Å². The van der Waals surface area contributed by atoms with Crippen LogP contribution in [-0.4, -0.2) is 40.4 Å². The van der Waals surface area contributed by atoms with Gasteiger partial charge in [-0.1, -0.05) is 69.7 Å². The summed E-state index contributed by atoms with van der Waals surface area (Å²) in [5, 5.41) is 19.3. The predicted molar refractivity (Wildman–Crippen MR) is 131 cm³/mol. The number of hydrogen-bond acceptors (Lipinski definition) is 6. The molecule has 8 heteroatoms. The number of nitrogens with one attached hydrogen (secondary N) is 1. The molecule has 0 spiro atoms. The average molecular weight is 457 g/mol. The summed E-state index contributed by atoms with van der Waals surface area (Å²) in [7, 11) is 0. The van der Waals surface area contributed by atoms with Crippen LogP contribution in [0.2, 0.25) is 0 Å². The molecule has 34 heavy (non-hydrogen) atoms. The maximum absolute atomic E-state index is 4.96. The van der Waals surface area contributed by atoms with Crippen molar-refractivity contribution in [2.24, 2.45) is 5.92 Å². The van der Waals surface area contributed by atoms with Crippen LogP contribution in [0.3, 0.4) is 0 Å². The lowest BCUT2D eigenvalue weighted by Crippen LogP contribution is -2.11. The molecule has 5 rings (SSSR count). The highest BCUT2D eigenvalue weighted by Crippen LogP contribution is 2.29. The predicted octanol–water partition coefficient (Wildman–Crippen LogP) is 5.03. The number of hydrogen-bond donors (Lipinski definition) is 1. The number of tetrazole rings is 1. The molecule has 0 saturated heterocycles. The normalized spacial score (nSPS) is 14.5. The first kappa shape index (κ1) is 22.4. The van der Waals surface area contributed by atoms with Gasteiger partial charge in [0, 0.05) is 36.4 Å². The monoisotopic (exact) mass is 456 g/mol. The Morgan fingerprint density at radius 3 is 2.65 bits per heavy atom. The third-order valence-electron chi connectivity index (χ3n) is 6.76. The van der Waals surface area contributed by atoms with Crippen LogP contribution in [0.25, 0.3) is 22.5 Å². The molecule has 3 aromatic heterocycles. The van der Waals surface area contributed by atoms with Gasteiger partial charge in [0.25, 0.3) is 0 Å². The van der Waals surface area contributed by atoms with Crippen LogP contribution in [0.15, 0.2) is 42.7 Å². The fourth-order valence-corrected chi connectivity index (χ4v) is 4.88. The second-order valence-electron chi connectivity index (χ2n) is 9.28. The fourth-order valence-electron chi connectivity index (χ4n) is 4.88. The van der Waals surface area contributed by atoms with Crippen molar-refractivity contribution in [1.29, 1.82) is 0 Å². The summed E-state index contributed by atoms with van der Waals surface area (Å²) in [6, 6.07) is 10.5. The smallest absolute Gasteiger partial charge is 0.180 e. The number of benzene rings is 1. The summed E-state index contributed by atoms with van der Waals surface area (Å²) in [6.45, 7) is 2.97. The first-order chi connectivity index (χ1) is 16.8. The number of aromatic nitrogens is 8. The van der Waals surface area contributed by atoms with Crippen LogP contribution < -0.4 is 0 Å². The highest BCUT2D eigenvalue weighted by molar-refractivity contribution is 5.79. The quantitative estimate of drug-likeness (QED) is 0.379. The van der Waals surface area contributed by atoms with E-state index >= 15 is 0 Å². The van der Waals surface area contributed by atoms with E-state index in [1.807, 2.05) is 12.3 Å². The molecule has 1 N–H and O–H groups in total. The zero-order valence-electron chi connectivity index (χ0n) is 19.8. The Labute approximate surface area is 200 Å². The van der Waals surface area contributed by atoms with Gasteiger partial charge in [-0.25, -0.2) is 14.8 Å². The molecule has 0 atom stereocenters. The SMILES string of the molecule is CCCCc1nc(CC2CCCCC2)nn1Cc1ccc(-c2cnccc2-c2nnn[nH]2)cc1. The maximum Gasteiger partial charge on any atom is 0.180 e. The minimum Gasteiger partial charge on any atom is -0.264 e. The molecule has 4 aromatic rings. The molecule has 8 nitrogen and oxygen atoms in total. The van der Waals surface area contributed by atoms with Crippen molar-refractivity contribution >= 4 is 0 Å². The number of aryl methyl sites for hydroxylation is 1. The molecular formula is C26H32N8. The third-order valence-corrected chi connectivity index (χ3v) is 6.76. The van der Waals surface area contributed by atoms with Crippen molar-refractivity contribution in [3.63, 3.8) is 0 Å². The zero-order chi connectivity index (χ0) is 23.2. The number of pyridine rings is 1. The number of aromatic amines is 1. The second-order valence-corrected chi connectivity index (χ2v) is 9.28. The maximum atomic E-state index is 4.96. The van der Waals surface area contributed by atoms with E-state index < -0.39 is 0 Å². The molecule has 3 heterocycles. The van der Waals surface area contributed by atoms with Crippen molar-refractivity contribution in [3.8, 4) is 22.5 Å². The number of unbranched alkanes of at least 4 members (excludes halogenated alkanes) is 1. The Balaban J connectivity index is 1.34. The van der Waals surface area contributed by atoms with Gasteiger partial charge in [-0.05, 0) is 40.0 Å². The van der Waals surface area contributed by atoms with Crippen LogP contribution in [0.1, 0.15) is 69.1 Å². The zero-order valence-corrected chi connectivity index (χ0v) is 19.8. The van der Waals surface area contributed by atoms with Gasteiger partial charge in [0.05, 0.1) is 6.54 Å². The van der Waals surface area contributed by atoms with E-state index in [2.05, 4.69) is 61.5 Å². The molecular weight excluding hydrogens is 424 g/mol. The van der Waals surface area contributed by atoms with Gasteiger partial charge in [0.1, 0.15) is 5.82 Å². The first-order valence-electron chi connectivity index (χ1n) is 12.5. The molecule has 176 valence electrons.